The highest BCUT2D eigenvalue weighted by molar-refractivity contribution is 9.10. The van der Waals surface area contributed by atoms with Gasteiger partial charge in [-0.3, -0.25) is 5.43 Å². The molecule has 1 aromatic heterocycles. The maximum absolute atomic E-state index is 12.5. The van der Waals surface area contributed by atoms with Gasteiger partial charge in [0, 0.05) is 10.0 Å². The average Bonchev–Trinajstić information content (AvgIpc) is 3.12. The highest BCUT2D eigenvalue weighted by Gasteiger charge is 2.13. The van der Waals surface area contributed by atoms with Crippen molar-refractivity contribution in [3.05, 3.63) is 88.4 Å². The molecular weight excluding hydrogens is 438 g/mol. The average molecular weight is 452 g/mol. The van der Waals surface area contributed by atoms with Crippen LogP contribution < -0.4 is 10.2 Å². The molecule has 0 spiro atoms. The number of nitrogens with zero attached hydrogens (tertiary/aromatic N) is 2. The van der Waals surface area contributed by atoms with Crippen molar-refractivity contribution in [1.29, 1.82) is 0 Å². The van der Waals surface area contributed by atoms with Gasteiger partial charge < -0.3 is 4.74 Å². The van der Waals surface area contributed by atoms with E-state index in [0.29, 0.717) is 26.5 Å². The van der Waals surface area contributed by atoms with Crippen molar-refractivity contribution in [1.82, 2.24) is 4.98 Å². The predicted octanol–water partition coefficient (Wildman–Crippen LogP) is 5.72. The number of para-hydroxylation sites is 2. The van der Waals surface area contributed by atoms with E-state index in [2.05, 4.69) is 31.4 Å². The molecule has 0 amide bonds. The van der Waals surface area contributed by atoms with Crippen LogP contribution in [0.25, 0.3) is 10.2 Å². The highest BCUT2D eigenvalue weighted by atomic mass is 79.9. The molecule has 4 aromatic rings. The van der Waals surface area contributed by atoms with Gasteiger partial charge in [0.05, 0.1) is 22.0 Å². The molecule has 1 heterocycles. The Bertz CT molecular complexity index is 1140. The van der Waals surface area contributed by atoms with Crippen molar-refractivity contribution < 1.29 is 9.53 Å². The number of thiazole rings is 1. The lowest BCUT2D eigenvalue weighted by Gasteiger charge is -2.08. The third-order valence-electron chi connectivity index (χ3n) is 3.87. The molecule has 0 fully saturated rings. The Morgan fingerprint density at radius 3 is 2.64 bits per heavy atom. The zero-order valence-electron chi connectivity index (χ0n) is 14.5. The SMILES string of the molecule is O=C(Oc1ccccc1/C=N/Nc1nc2ccccc2s1)c1ccccc1Br. The van der Waals surface area contributed by atoms with Crippen LogP contribution in [0.1, 0.15) is 15.9 Å². The van der Waals surface area contributed by atoms with Crippen molar-refractivity contribution in [2.45, 2.75) is 0 Å². The van der Waals surface area contributed by atoms with Crippen molar-refractivity contribution in [2.75, 3.05) is 5.43 Å². The first kappa shape index (κ1) is 18.3. The number of rotatable bonds is 5. The maximum Gasteiger partial charge on any atom is 0.344 e. The van der Waals surface area contributed by atoms with E-state index in [1.165, 1.54) is 11.3 Å². The molecule has 0 radical (unpaired) electrons. The molecule has 4 rings (SSSR count). The number of carbonyl (C=O) groups is 1. The molecular formula is C21H14BrN3O2S. The number of fused-ring (bicyclic) bond motifs is 1. The molecule has 0 aliphatic rings. The van der Waals surface area contributed by atoms with Crippen LogP contribution in [0.3, 0.4) is 0 Å². The monoisotopic (exact) mass is 451 g/mol. The normalized spacial score (nSPS) is 11.0. The van der Waals surface area contributed by atoms with E-state index in [4.69, 9.17) is 4.74 Å². The summed E-state index contributed by atoms with van der Waals surface area (Å²) < 4.78 is 7.33. The van der Waals surface area contributed by atoms with E-state index in [0.717, 1.165) is 10.2 Å². The van der Waals surface area contributed by atoms with Crippen LogP contribution in [-0.2, 0) is 0 Å². The van der Waals surface area contributed by atoms with E-state index >= 15 is 0 Å². The molecule has 0 bridgehead atoms. The first-order chi connectivity index (χ1) is 13.7. The number of nitrogens with one attached hydrogen (secondary N) is 1. The number of benzene rings is 3. The van der Waals surface area contributed by atoms with Crippen LogP contribution in [0.2, 0.25) is 0 Å². The number of aromatic nitrogens is 1. The Morgan fingerprint density at radius 1 is 1.04 bits per heavy atom. The van der Waals surface area contributed by atoms with Crippen LogP contribution in [-0.4, -0.2) is 17.2 Å². The molecule has 0 atom stereocenters. The zero-order chi connectivity index (χ0) is 19.3. The summed E-state index contributed by atoms with van der Waals surface area (Å²) in [6.07, 6.45) is 1.61. The fraction of sp³-hybridized carbons (Fsp3) is 0. The molecule has 0 saturated carbocycles. The van der Waals surface area contributed by atoms with E-state index in [9.17, 15) is 4.79 Å². The molecule has 0 unspecified atom stereocenters. The Kier molecular flexibility index (Phi) is 5.45. The number of hydrogen-bond acceptors (Lipinski definition) is 6. The highest BCUT2D eigenvalue weighted by Crippen LogP contribution is 2.25. The van der Waals surface area contributed by atoms with Gasteiger partial charge >= 0.3 is 5.97 Å². The summed E-state index contributed by atoms with van der Waals surface area (Å²) >= 11 is 4.89. The van der Waals surface area contributed by atoms with Gasteiger partial charge in [-0.25, -0.2) is 9.78 Å². The van der Waals surface area contributed by atoms with Gasteiger partial charge in [-0.1, -0.05) is 47.7 Å². The number of ether oxygens (including phenoxy) is 1. The van der Waals surface area contributed by atoms with Crippen LogP contribution in [0.5, 0.6) is 5.75 Å². The summed E-state index contributed by atoms with van der Waals surface area (Å²) in [5.74, 6) is -0.00874. The maximum atomic E-state index is 12.5. The lowest BCUT2D eigenvalue weighted by atomic mass is 10.2. The van der Waals surface area contributed by atoms with Crippen LogP contribution in [0, 0.1) is 0 Å². The lowest BCUT2D eigenvalue weighted by molar-refractivity contribution is 0.0733. The Labute approximate surface area is 173 Å². The summed E-state index contributed by atoms with van der Waals surface area (Å²) in [5.41, 5.74) is 4.99. The second-order valence-corrected chi connectivity index (χ2v) is 7.65. The van der Waals surface area contributed by atoms with Gasteiger partial charge in [0.15, 0.2) is 0 Å². The summed E-state index contributed by atoms with van der Waals surface area (Å²) in [5, 5.41) is 4.93. The molecule has 0 saturated heterocycles. The van der Waals surface area contributed by atoms with Crippen molar-refractivity contribution in [3.63, 3.8) is 0 Å². The minimum absolute atomic E-state index is 0.429. The number of hydrogen-bond donors (Lipinski definition) is 1. The van der Waals surface area contributed by atoms with E-state index < -0.39 is 5.97 Å². The third-order valence-corrected chi connectivity index (χ3v) is 5.51. The van der Waals surface area contributed by atoms with Gasteiger partial charge in [0.2, 0.25) is 5.13 Å². The zero-order valence-corrected chi connectivity index (χ0v) is 16.9. The Balaban J connectivity index is 1.50. The number of anilines is 1. The smallest absolute Gasteiger partial charge is 0.344 e. The summed E-state index contributed by atoms with van der Waals surface area (Å²) in [7, 11) is 0. The topological polar surface area (TPSA) is 63.6 Å². The van der Waals surface area contributed by atoms with Crippen molar-refractivity contribution >= 4 is 54.8 Å². The van der Waals surface area contributed by atoms with Gasteiger partial charge in [0.25, 0.3) is 0 Å². The van der Waals surface area contributed by atoms with E-state index in [-0.39, 0.29) is 0 Å². The third kappa shape index (κ3) is 4.11. The van der Waals surface area contributed by atoms with Crippen LogP contribution in [0.15, 0.2) is 82.4 Å². The lowest BCUT2D eigenvalue weighted by Crippen LogP contribution is -2.10. The number of halogens is 1. The molecule has 5 nitrogen and oxygen atoms in total. The quantitative estimate of drug-likeness (QED) is 0.182. The second-order valence-electron chi connectivity index (χ2n) is 5.76. The molecule has 28 heavy (non-hydrogen) atoms. The van der Waals surface area contributed by atoms with Gasteiger partial charge in [-0.2, -0.15) is 5.10 Å². The summed E-state index contributed by atoms with van der Waals surface area (Å²) in [6.45, 7) is 0. The van der Waals surface area contributed by atoms with Gasteiger partial charge in [-0.05, 0) is 52.3 Å². The van der Waals surface area contributed by atoms with Crippen molar-refractivity contribution in [2.24, 2.45) is 5.10 Å². The van der Waals surface area contributed by atoms with Crippen LogP contribution >= 0.6 is 27.3 Å². The minimum Gasteiger partial charge on any atom is -0.422 e. The van der Waals surface area contributed by atoms with E-state index in [1.54, 1.807) is 36.5 Å². The predicted molar refractivity (Wildman–Crippen MR) is 116 cm³/mol. The van der Waals surface area contributed by atoms with E-state index in [1.807, 2.05) is 42.5 Å². The summed E-state index contributed by atoms with van der Waals surface area (Å²) in [6, 6.07) is 22.2. The first-order valence-corrected chi connectivity index (χ1v) is 10.0. The fourth-order valence-electron chi connectivity index (χ4n) is 2.54. The molecule has 3 aromatic carbocycles. The molecule has 0 aliphatic heterocycles. The number of carbonyl (C=O) groups excluding carboxylic acids is 1. The van der Waals surface area contributed by atoms with Crippen molar-refractivity contribution in [3.8, 4) is 5.75 Å². The standard InChI is InChI=1S/C21H14BrN3O2S/c22-16-9-3-2-8-15(16)20(26)27-18-11-5-1-7-14(18)13-23-25-21-24-17-10-4-6-12-19(17)28-21/h1-13H,(H,24,25)/b23-13+. The number of esters is 1. The van der Waals surface area contributed by atoms with Crippen LogP contribution in [0.4, 0.5) is 5.13 Å². The molecule has 7 heteroatoms. The van der Waals surface area contributed by atoms with Gasteiger partial charge in [0.1, 0.15) is 5.75 Å². The largest absolute Gasteiger partial charge is 0.422 e. The molecule has 1 N–H and O–H groups in total. The Hall–Kier alpha value is -3.03. The molecule has 138 valence electrons. The summed E-state index contributed by atoms with van der Waals surface area (Å²) in [4.78, 5) is 16.9. The number of hydrazone groups is 1. The second kappa shape index (κ2) is 8.33. The minimum atomic E-state index is -0.438. The fourth-order valence-corrected chi connectivity index (χ4v) is 3.80. The Morgan fingerprint density at radius 2 is 1.79 bits per heavy atom. The van der Waals surface area contributed by atoms with Gasteiger partial charge in [-0.15, -0.1) is 0 Å². The molecule has 0 aliphatic carbocycles. The first-order valence-electron chi connectivity index (χ1n) is 8.41.